The van der Waals surface area contributed by atoms with Gasteiger partial charge in [0.1, 0.15) is 0 Å². The molecule has 1 aromatic rings. The predicted octanol–water partition coefficient (Wildman–Crippen LogP) is 1.84. The van der Waals surface area contributed by atoms with E-state index >= 15 is 0 Å². The van der Waals surface area contributed by atoms with Gasteiger partial charge in [-0.3, -0.25) is 4.79 Å². The fourth-order valence-corrected chi connectivity index (χ4v) is 1.40. The highest BCUT2D eigenvalue weighted by Gasteiger charge is 2.18. The van der Waals surface area contributed by atoms with Gasteiger partial charge >= 0.3 is 5.97 Å². The maximum atomic E-state index is 11.6. The zero-order valence-corrected chi connectivity index (χ0v) is 10.7. The Labute approximate surface area is 106 Å². The Hall–Kier alpha value is -2.04. The van der Waals surface area contributed by atoms with Gasteiger partial charge in [-0.1, -0.05) is 0 Å². The van der Waals surface area contributed by atoms with Crippen molar-refractivity contribution in [2.24, 2.45) is 0 Å². The van der Waals surface area contributed by atoms with Gasteiger partial charge in [-0.2, -0.15) is 0 Å². The van der Waals surface area contributed by atoms with Crippen molar-refractivity contribution in [1.29, 1.82) is 0 Å². The Morgan fingerprint density at radius 3 is 2.22 bits per heavy atom. The lowest BCUT2D eigenvalue weighted by molar-refractivity contribution is -0.135. The van der Waals surface area contributed by atoms with Gasteiger partial charge in [-0.25, -0.2) is 4.79 Å². The number of rotatable bonds is 6. The van der Waals surface area contributed by atoms with Gasteiger partial charge in [0.2, 0.25) is 0 Å². The third-order valence-electron chi connectivity index (χ3n) is 2.18. The Balaban J connectivity index is 3.05. The highest BCUT2D eigenvalue weighted by molar-refractivity contribution is 6.40. The largest absolute Gasteiger partial charge is 0.490 e. The summed E-state index contributed by atoms with van der Waals surface area (Å²) in [5.41, 5.74) is 0.216. The summed E-state index contributed by atoms with van der Waals surface area (Å²) in [5.74, 6) is -0.627. The molecule has 0 radical (unpaired) electrons. The SMILES string of the molecule is CCOc1ccc(C(=O)C(=O)OC)cc1OCC. The van der Waals surface area contributed by atoms with Crippen LogP contribution in [0, 0.1) is 0 Å². The van der Waals surface area contributed by atoms with E-state index in [4.69, 9.17) is 9.47 Å². The van der Waals surface area contributed by atoms with Gasteiger partial charge < -0.3 is 14.2 Å². The van der Waals surface area contributed by atoms with Crippen LogP contribution >= 0.6 is 0 Å². The monoisotopic (exact) mass is 252 g/mol. The number of carbonyl (C=O) groups excluding carboxylic acids is 2. The molecule has 0 aliphatic rings. The Morgan fingerprint density at radius 1 is 1.06 bits per heavy atom. The van der Waals surface area contributed by atoms with Crippen molar-refractivity contribution in [3.8, 4) is 11.5 Å². The Morgan fingerprint density at radius 2 is 1.67 bits per heavy atom. The van der Waals surface area contributed by atoms with E-state index in [1.807, 2.05) is 13.8 Å². The molecule has 0 atom stereocenters. The van der Waals surface area contributed by atoms with Crippen molar-refractivity contribution in [2.45, 2.75) is 13.8 Å². The van der Waals surface area contributed by atoms with Crippen LogP contribution in [0.1, 0.15) is 24.2 Å². The topological polar surface area (TPSA) is 61.8 Å². The summed E-state index contributed by atoms with van der Waals surface area (Å²) in [5, 5.41) is 0. The van der Waals surface area contributed by atoms with Gasteiger partial charge in [-0.15, -0.1) is 0 Å². The van der Waals surface area contributed by atoms with Gasteiger partial charge in [0, 0.05) is 5.56 Å². The molecule has 0 spiro atoms. The van der Waals surface area contributed by atoms with E-state index in [1.165, 1.54) is 12.1 Å². The molecule has 0 amide bonds. The fourth-order valence-electron chi connectivity index (χ4n) is 1.40. The number of benzene rings is 1. The first-order valence-corrected chi connectivity index (χ1v) is 5.66. The van der Waals surface area contributed by atoms with Crippen LogP contribution in [-0.4, -0.2) is 32.1 Å². The van der Waals surface area contributed by atoms with Crippen LogP contribution in [0.5, 0.6) is 11.5 Å². The molecule has 5 nitrogen and oxygen atoms in total. The van der Waals surface area contributed by atoms with E-state index in [9.17, 15) is 9.59 Å². The third kappa shape index (κ3) is 3.23. The van der Waals surface area contributed by atoms with E-state index < -0.39 is 11.8 Å². The second-order valence-electron chi connectivity index (χ2n) is 3.35. The molecule has 0 saturated heterocycles. The summed E-state index contributed by atoms with van der Waals surface area (Å²) in [7, 11) is 1.16. The van der Waals surface area contributed by atoms with Crippen molar-refractivity contribution in [1.82, 2.24) is 0 Å². The number of methoxy groups -OCH3 is 1. The molecule has 0 fully saturated rings. The fraction of sp³-hybridized carbons (Fsp3) is 0.385. The molecule has 0 N–H and O–H groups in total. The van der Waals surface area contributed by atoms with Crippen molar-refractivity contribution >= 4 is 11.8 Å². The number of carbonyl (C=O) groups is 2. The Kier molecular flexibility index (Phi) is 5.17. The van der Waals surface area contributed by atoms with Crippen molar-refractivity contribution < 1.29 is 23.8 Å². The number of hydrogen-bond donors (Lipinski definition) is 0. The lowest BCUT2D eigenvalue weighted by Crippen LogP contribution is -2.15. The van der Waals surface area contributed by atoms with E-state index in [1.54, 1.807) is 6.07 Å². The van der Waals surface area contributed by atoms with Crippen LogP contribution in [0.2, 0.25) is 0 Å². The second kappa shape index (κ2) is 6.64. The van der Waals surface area contributed by atoms with Crippen molar-refractivity contribution in [3.63, 3.8) is 0 Å². The molecule has 1 aromatic carbocycles. The van der Waals surface area contributed by atoms with Crippen LogP contribution in [0.15, 0.2) is 18.2 Å². The molecule has 5 heteroatoms. The molecule has 0 unspecified atom stereocenters. The molecule has 0 aliphatic heterocycles. The Bertz CT molecular complexity index is 439. The van der Waals surface area contributed by atoms with Crippen LogP contribution in [0.3, 0.4) is 0 Å². The van der Waals surface area contributed by atoms with Gasteiger partial charge in [0.25, 0.3) is 5.78 Å². The molecule has 0 aliphatic carbocycles. The molecular weight excluding hydrogens is 236 g/mol. The predicted molar refractivity (Wildman–Crippen MR) is 65.1 cm³/mol. The molecule has 1 rings (SSSR count). The number of ether oxygens (including phenoxy) is 3. The molecule has 0 saturated carbocycles. The lowest BCUT2D eigenvalue weighted by atomic mass is 10.1. The van der Waals surface area contributed by atoms with Crippen LogP contribution in [0.25, 0.3) is 0 Å². The summed E-state index contributed by atoms with van der Waals surface area (Å²) in [6, 6.07) is 4.59. The summed E-state index contributed by atoms with van der Waals surface area (Å²) < 4.78 is 15.1. The van der Waals surface area contributed by atoms with E-state index in [0.717, 1.165) is 7.11 Å². The van der Waals surface area contributed by atoms with Crippen molar-refractivity contribution in [3.05, 3.63) is 23.8 Å². The third-order valence-corrected chi connectivity index (χ3v) is 2.18. The summed E-state index contributed by atoms with van der Waals surface area (Å²) in [6.45, 7) is 4.61. The molecule has 0 heterocycles. The minimum atomic E-state index is -0.901. The summed E-state index contributed by atoms with van der Waals surface area (Å²) >= 11 is 0. The highest BCUT2D eigenvalue weighted by atomic mass is 16.5. The zero-order chi connectivity index (χ0) is 13.5. The quantitative estimate of drug-likeness (QED) is 0.439. The molecule has 0 aromatic heterocycles. The molecular formula is C13H16O5. The summed E-state index contributed by atoms with van der Waals surface area (Å²) in [4.78, 5) is 22.8. The molecule has 0 bridgehead atoms. The van der Waals surface area contributed by atoms with E-state index in [2.05, 4.69) is 4.74 Å². The van der Waals surface area contributed by atoms with Crippen molar-refractivity contribution in [2.75, 3.05) is 20.3 Å². The standard InChI is InChI=1S/C13H16O5/c1-4-17-10-7-6-9(8-11(10)18-5-2)12(14)13(15)16-3/h6-8H,4-5H2,1-3H3. The summed E-state index contributed by atoms with van der Waals surface area (Å²) in [6.07, 6.45) is 0. The van der Waals surface area contributed by atoms with E-state index in [-0.39, 0.29) is 5.56 Å². The number of Topliss-reactive ketones (excluding diaryl/α,β-unsaturated/α-hetero) is 1. The van der Waals surface area contributed by atoms with Gasteiger partial charge in [0.15, 0.2) is 11.5 Å². The second-order valence-corrected chi connectivity index (χ2v) is 3.35. The maximum Gasteiger partial charge on any atom is 0.379 e. The average molecular weight is 252 g/mol. The highest BCUT2D eigenvalue weighted by Crippen LogP contribution is 2.28. The minimum Gasteiger partial charge on any atom is -0.490 e. The number of esters is 1. The lowest BCUT2D eigenvalue weighted by Gasteiger charge is -2.11. The molecule has 18 heavy (non-hydrogen) atoms. The first-order chi connectivity index (χ1) is 8.63. The van der Waals surface area contributed by atoms with Crippen LogP contribution < -0.4 is 9.47 Å². The van der Waals surface area contributed by atoms with Crippen LogP contribution in [-0.2, 0) is 9.53 Å². The van der Waals surface area contributed by atoms with Gasteiger partial charge in [0.05, 0.1) is 20.3 Å². The smallest absolute Gasteiger partial charge is 0.379 e. The first kappa shape index (κ1) is 14.0. The maximum absolute atomic E-state index is 11.6. The number of hydrogen-bond acceptors (Lipinski definition) is 5. The first-order valence-electron chi connectivity index (χ1n) is 5.66. The van der Waals surface area contributed by atoms with Crippen LogP contribution in [0.4, 0.5) is 0 Å². The van der Waals surface area contributed by atoms with E-state index in [0.29, 0.717) is 24.7 Å². The zero-order valence-electron chi connectivity index (χ0n) is 10.7. The molecule has 98 valence electrons. The minimum absolute atomic E-state index is 0.216. The average Bonchev–Trinajstić information content (AvgIpc) is 2.39. The van der Waals surface area contributed by atoms with Gasteiger partial charge in [-0.05, 0) is 32.0 Å². The number of ketones is 1. The normalized spacial score (nSPS) is 9.72.